The maximum Gasteiger partial charge on any atom is 0.433 e. The first kappa shape index (κ1) is 22.5. The number of halogens is 5. The first-order valence-corrected chi connectivity index (χ1v) is 10.6. The zero-order valence-electron chi connectivity index (χ0n) is 18.4. The molecule has 3 aromatic heterocycles. The van der Waals surface area contributed by atoms with Crippen molar-refractivity contribution >= 4 is 22.8 Å². The van der Waals surface area contributed by atoms with E-state index in [1.54, 1.807) is 6.20 Å². The molecule has 1 spiro atoms. The Hall–Kier alpha value is -3.32. The average molecular weight is 484 g/mol. The van der Waals surface area contributed by atoms with E-state index in [9.17, 15) is 22.0 Å². The molecule has 5 rings (SSSR count). The Kier molecular flexibility index (Phi) is 5.20. The lowest BCUT2D eigenvalue weighted by atomic mass is 9.79. The van der Waals surface area contributed by atoms with Crippen LogP contribution in [0, 0.1) is 12.3 Å². The number of alkyl halides is 5. The van der Waals surface area contributed by atoms with Crippen LogP contribution in [0.4, 0.5) is 33.6 Å². The molecule has 0 aromatic carbocycles. The van der Waals surface area contributed by atoms with Gasteiger partial charge in [0.15, 0.2) is 11.2 Å². The van der Waals surface area contributed by atoms with E-state index in [1.807, 2.05) is 9.80 Å². The van der Waals surface area contributed by atoms with Gasteiger partial charge in [0.25, 0.3) is 12.3 Å². The summed E-state index contributed by atoms with van der Waals surface area (Å²) < 4.78 is 71.5. The molecular formula is C20H21F5N8O. The van der Waals surface area contributed by atoms with Crippen molar-refractivity contribution in [2.45, 2.75) is 32.5 Å². The number of nitrogens with zero attached hydrogens (tertiary/aromatic N) is 8. The topological polar surface area (TPSA) is 85.1 Å². The highest BCUT2D eigenvalue weighted by Gasteiger charge is 2.49. The van der Waals surface area contributed by atoms with E-state index in [4.69, 9.17) is 4.74 Å². The summed E-state index contributed by atoms with van der Waals surface area (Å²) in [5.41, 5.74) is -0.574. The van der Waals surface area contributed by atoms with E-state index in [-0.39, 0.29) is 28.6 Å². The lowest BCUT2D eigenvalue weighted by molar-refractivity contribution is -0.141. The second-order valence-electron chi connectivity index (χ2n) is 8.67. The molecule has 2 saturated heterocycles. The zero-order chi connectivity index (χ0) is 24.3. The second-order valence-corrected chi connectivity index (χ2v) is 8.67. The Morgan fingerprint density at radius 1 is 1.09 bits per heavy atom. The third kappa shape index (κ3) is 3.94. The van der Waals surface area contributed by atoms with E-state index in [1.165, 1.54) is 14.0 Å². The molecule has 5 heterocycles. The lowest BCUT2D eigenvalue weighted by Gasteiger charge is -2.48. The number of ether oxygens (including phenoxy) is 1. The Morgan fingerprint density at radius 2 is 1.82 bits per heavy atom. The van der Waals surface area contributed by atoms with E-state index < -0.39 is 24.8 Å². The highest BCUT2D eigenvalue weighted by Crippen LogP contribution is 2.43. The predicted molar refractivity (Wildman–Crippen MR) is 111 cm³/mol. The number of rotatable bonds is 5. The van der Waals surface area contributed by atoms with Crippen LogP contribution in [-0.2, 0) is 12.7 Å². The van der Waals surface area contributed by atoms with Gasteiger partial charge in [-0.15, -0.1) is 5.10 Å². The van der Waals surface area contributed by atoms with Crippen LogP contribution in [0.1, 0.15) is 17.9 Å². The molecule has 0 unspecified atom stereocenters. The van der Waals surface area contributed by atoms with E-state index in [0.717, 1.165) is 17.2 Å². The van der Waals surface area contributed by atoms with Crippen molar-refractivity contribution in [2.75, 3.05) is 43.1 Å². The maximum atomic E-state index is 13.1. The van der Waals surface area contributed by atoms with Gasteiger partial charge >= 0.3 is 6.18 Å². The van der Waals surface area contributed by atoms with Crippen LogP contribution < -0.4 is 14.5 Å². The standard InChI is InChI=1S/C20H21F5N8O/c1-11-27-12(20(23,24)25)5-14(28-11)32-9-19(10-32)3-4-31(8-19)15-6-26-16-17(29-15)33(7-13(21)22)30-18(16)34-2/h5-6,13H,3-4,7-10H2,1-2H3. The molecule has 2 aliphatic rings. The van der Waals surface area contributed by atoms with Gasteiger partial charge in [-0.25, -0.2) is 33.4 Å². The van der Waals surface area contributed by atoms with Gasteiger partial charge in [-0.3, -0.25) is 0 Å². The SMILES string of the molecule is COc1nn(CC(F)F)c2nc(N3CCC4(CN(c5cc(C(F)(F)F)nc(C)n5)C4)C3)cnc12. The second kappa shape index (κ2) is 7.87. The van der Waals surface area contributed by atoms with Gasteiger partial charge in [-0.05, 0) is 13.3 Å². The van der Waals surface area contributed by atoms with Crippen molar-refractivity contribution < 1.29 is 26.7 Å². The minimum atomic E-state index is -4.54. The Morgan fingerprint density at radius 3 is 2.50 bits per heavy atom. The fourth-order valence-corrected chi connectivity index (χ4v) is 4.63. The van der Waals surface area contributed by atoms with Crippen molar-refractivity contribution in [3.63, 3.8) is 0 Å². The number of hydrogen-bond acceptors (Lipinski definition) is 8. The molecular weight excluding hydrogens is 463 g/mol. The Balaban J connectivity index is 1.33. The quantitative estimate of drug-likeness (QED) is 0.512. The summed E-state index contributed by atoms with van der Waals surface area (Å²) in [6.07, 6.45) is -4.79. The molecule has 0 saturated carbocycles. The summed E-state index contributed by atoms with van der Waals surface area (Å²) in [6, 6.07) is 0.976. The molecule has 0 amide bonds. The van der Waals surface area contributed by atoms with Crippen molar-refractivity contribution in [1.82, 2.24) is 29.7 Å². The van der Waals surface area contributed by atoms with Gasteiger partial charge in [0, 0.05) is 37.7 Å². The number of aromatic nitrogens is 6. The normalized spacial score (nSPS) is 17.8. The van der Waals surface area contributed by atoms with Gasteiger partial charge in [0.05, 0.1) is 13.3 Å². The zero-order valence-corrected chi connectivity index (χ0v) is 18.4. The Bertz CT molecular complexity index is 1220. The van der Waals surface area contributed by atoms with Gasteiger partial charge in [0.2, 0.25) is 0 Å². The fourth-order valence-electron chi connectivity index (χ4n) is 4.63. The van der Waals surface area contributed by atoms with Crippen molar-refractivity contribution in [3.8, 4) is 5.88 Å². The number of anilines is 2. The lowest BCUT2D eigenvalue weighted by Crippen LogP contribution is -2.58. The first-order chi connectivity index (χ1) is 16.1. The highest BCUT2D eigenvalue weighted by atomic mass is 19.4. The van der Waals surface area contributed by atoms with Crippen LogP contribution in [0.3, 0.4) is 0 Å². The number of hydrogen-bond donors (Lipinski definition) is 0. The number of aryl methyl sites for hydroxylation is 1. The summed E-state index contributed by atoms with van der Waals surface area (Å²) in [6.45, 7) is 3.17. The minimum absolute atomic E-state index is 0.0678. The number of methoxy groups -OCH3 is 1. The highest BCUT2D eigenvalue weighted by molar-refractivity contribution is 5.78. The van der Waals surface area contributed by atoms with Crippen LogP contribution in [0.25, 0.3) is 11.2 Å². The first-order valence-electron chi connectivity index (χ1n) is 10.6. The van der Waals surface area contributed by atoms with Crippen LogP contribution >= 0.6 is 0 Å². The molecule has 14 heteroatoms. The summed E-state index contributed by atoms with van der Waals surface area (Å²) in [4.78, 5) is 20.3. The largest absolute Gasteiger partial charge is 0.478 e. The van der Waals surface area contributed by atoms with Crippen molar-refractivity contribution in [3.05, 3.63) is 23.8 Å². The average Bonchev–Trinajstić information content (AvgIpc) is 3.33. The molecule has 34 heavy (non-hydrogen) atoms. The van der Waals surface area contributed by atoms with E-state index >= 15 is 0 Å². The molecule has 0 radical (unpaired) electrons. The Labute approximate surface area is 190 Å². The van der Waals surface area contributed by atoms with Gasteiger partial charge in [-0.2, -0.15) is 13.2 Å². The predicted octanol–water partition coefficient (Wildman–Crippen LogP) is 2.93. The summed E-state index contributed by atoms with van der Waals surface area (Å²) in [5.74, 6) is 0.977. The monoisotopic (exact) mass is 484 g/mol. The van der Waals surface area contributed by atoms with E-state index in [2.05, 4.69) is 25.0 Å². The fraction of sp³-hybridized carbons (Fsp3) is 0.550. The number of fused-ring (bicyclic) bond motifs is 1. The molecule has 0 atom stereocenters. The maximum absolute atomic E-state index is 13.1. The third-order valence-electron chi connectivity index (χ3n) is 6.16. The van der Waals surface area contributed by atoms with Crippen molar-refractivity contribution in [2.24, 2.45) is 5.41 Å². The summed E-state index contributed by atoms with van der Waals surface area (Å²) >= 11 is 0. The van der Waals surface area contributed by atoms with Gasteiger partial charge in [-0.1, -0.05) is 0 Å². The van der Waals surface area contributed by atoms with Crippen LogP contribution in [0.15, 0.2) is 12.3 Å². The van der Waals surface area contributed by atoms with Gasteiger partial charge in [0.1, 0.15) is 29.7 Å². The van der Waals surface area contributed by atoms with Crippen molar-refractivity contribution in [1.29, 1.82) is 0 Å². The molecule has 182 valence electrons. The van der Waals surface area contributed by atoms with Gasteiger partial charge < -0.3 is 14.5 Å². The molecule has 0 aliphatic carbocycles. The molecule has 0 bridgehead atoms. The summed E-state index contributed by atoms with van der Waals surface area (Å²) in [5, 5.41) is 4.02. The summed E-state index contributed by atoms with van der Waals surface area (Å²) in [7, 11) is 1.38. The smallest absolute Gasteiger partial charge is 0.433 e. The minimum Gasteiger partial charge on any atom is -0.478 e. The molecule has 2 aliphatic heterocycles. The van der Waals surface area contributed by atoms with Crippen LogP contribution in [0.5, 0.6) is 5.88 Å². The molecule has 3 aromatic rings. The van der Waals surface area contributed by atoms with Crippen LogP contribution in [-0.4, -0.2) is 69.4 Å². The van der Waals surface area contributed by atoms with E-state index in [0.29, 0.717) is 37.5 Å². The molecule has 2 fully saturated rings. The third-order valence-corrected chi connectivity index (χ3v) is 6.16. The molecule has 0 N–H and O–H groups in total. The molecule has 9 nitrogen and oxygen atoms in total. The van der Waals surface area contributed by atoms with Crippen LogP contribution in [0.2, 0.25) is 0 Å².